The topological polar surface area (TPSA) is 68.3 Å². The van der Waals surface area contributed by atoms with Gasteiger partial charge in [0, 0.05) is 0 Å². The number of halogens is 2. The molecule has 0 amide bonds. The van der Waals surface area contributed by atoms with E-state index in [1.165, 1.54) is 6.21 Å². The minimum absolute atomic E-state index is 0.0267. The molecule has 0 saturated heterocycles. The molecule has 1 N–H and O–H groups in total. The molecule has 0 spiro atoms. The highest BCUT2D eigenvalue weighted by Gasteiger charge is 2.16. The predicted molar refractivity (Wildman–Crippen MR) is 89.6 cm³/mol. The normalized spacial score (nSPS) is 11.5. The molecule has 130 valence electrons. The maximum absolute atomic E-state index is 12.8. The second kappa shape index (κ2) is 7.39. The zero-order chi connectivity index (χ0) is 17.8. The average molecular weight is 364 g/mol. The minimum Gasteiger partial charge on any atom is -0.485 e. The number of alkyl halides is 2. The van der Waals surface area contributed by atoms with Gasteiger partial charge in [-0.1, -0.05) is 18.2 Å². The Morgan fingerprint density at radius 2 is 2.16 bits per heavy atom. The number of aromatic nitrogens is 3. The maximum Gasteiger partial charge on any atom is 0.299 e. The molecule has 25 heavy (non-hydrogen) atoms. The van der Waals surface area contributed by atoms with E-state index >= 15 is 0 Å². The zero-order valence-corrected chi connectivity index (χ0v) is 14.0. The molecule has 0 radical (unpaired) electrons. The summed E-state index contributed by atoms with van der Waals surface area (Å²) in [5.74, 6) is 1.16. The lowest BCUT2D eigenvalue weighted by atomic mass is 10.2. The van der Waals surface area contributed by atoms with Crippen molar-refractivity contribution in [2.75, 3.05) is 0 Å². The van der Waals surface area contributed by atoms with Gasteiger partial charge in [-0.15, -0.1) is 0 Å². The van der Waals surface area contributed by atoms with E-state index < -0.39 is 12.2 Å². The molecule has 2 heterocycles. The Kier molecular flexibility index (Phi) is 5.03. The molecule has 0 aliphatic carbocycles. The van der Waals surface area contributed by atoms with Gasteiger partial charge in [-0.3, -0.25) is 0 Å². The number of H-pyrrole nitrogens is 1. The summed E-state index contributed by atoms with van der Waals surface area (Å²) in [5, 5.41) is 9.59. The van der Waals surface area contributed by atoms with Gasteiger partial charge < -0.3 is 9.15 Å². The molecule has 0 fully saturated rings. The maximum atomic E-state index is 12.8. The summed E-state index contributed by atoms with van der Waals surface area (Å²) in [6.07, 6.45) is -1.51. The molecule has 2 aromatic heterocycles. The summed E-state index contributed by atoms with van der Waals surface area (Å²) in [7, 11) is 0. The van der Waals surface area contributed by atoms with Crippen LogP contribution in [0.3, 0.4) is 0 Å². The molecule has 6 nitrogen and oxygen atoms in total. The van der Waals surface area contributed by atoms with Crippen molar-refractivity contribution >= 4 is 18.4 Å². The van der Waals surface area contributed by atoms with Crippen LogP contribution in [0.25, 0.3) is 0 Å². The molecule has 0 aliphatic heterocycles. The van der Waals surface area contributed by atoms with E-state index in [9.17, 15) is 8.78 Å². The van der Waals surface area contributed by atoms with E-state index in [-0.39, 0.29) is 11.4 Å². The van der Waals surface area contributed by atoms with Crippen LogP contribution in [0.4, 0.5) is 8.78 Å². The monoisotopic (exact) mass is 364 g/mol. The van der Waals surface area contributed by atoms with Crippen molar-refractivity contribution < 1.29 is 17.9 Å². The van der Waals surface area contributed by atoms with E-state index in [4.69, 9.17) is 21.4 Å². The molecule has 0 aliphatic rings. The van der Waals surface area contributed by atoms with Crippen molar-refractivity contribution in [3.05, 3.63) is 64.1 Å². The van der Waals surface area contributed by atoms with Crippen molar-refractivity contribution in [2.45, 2.75) is 20.0 Å². The quantitative estimate of drug-likeness (QED) is 0.525. The minimum atomic E-state index is -2.79. The third-order valence-corrected chi connectivity index (χ3v) is 3.58. The summed E-state index contributed by atoms with van der Waals surface area (Å²) in [4.78, 5) is 0. The number of aryl methyl sites for hydroxylation is 1. The fourth-order valence-corrected chi connectivity index (χ4v) is 2.27. The van der Waals surface area contributed by atoms with Gasteiger partial charge in [0.25, 0.3) is 6.43 Å². The van der Waals surface area contributed by atoms with E-state index in [1.54, 1.807) is 12.1 Å². The molecule has 0 unspecified atom stereocenters. The Labute approximate surface area is 146 Å². The summed E-state index contributed by atoms with van der Waals surface area (Å²) < 4.78 is 37.7. The number of nitrogens with zero attached hydrogens (tertiary/aromatic N) is 3. The van der Waals surface area contributed by atoms with Crippen LogP contribution in [-0.2, 0) is 6.61 Å². The van der Waals surface area contributed by atoms with Crippen molar-refractivity contribution in [3.8, 4) is 5.75 Å². The van der Waals surface area contributed by atoms with E-state index in [2.05, 4.69) is 15.3 Å². The third-order valence-electron chi connectivity index (χ3n) is 3.32. The Morgan fingerprint density at radius 1 is 1.36 bits per heavy atom. The van der Waals surface area contributed by atoms with Crippen LogP contribution in [0, 0.1) is 11.7 Å². The number of nitrogens with one attached hydrogen (secondary N) is 1. The molecule has 1 aromatic carbocycles. The fraction of sp³-hybridized carbons (Fsp3) is 0.188. The van der Waals surface area contributed by atoms with Crippen LogP contribution in [-0.4, -0.2) is 21.1 Å². The summed E-state index contributed by atoms with van der Waals surface area (Å²) >= 11 is 4.87. The van der Waals surface area contributed by atoms with Crippen molar-refractivity contribution in [2.24, 2.45) is 5.10 Å². The van der Waals surface area contributed by atoms with Crippen LogP contribution in [0.15, 0.2) is 45.9 Å². The van der Waals surface area contributed by atoms with Gasteiger partial charge in [0.1, 0.15) is 23.9 Å². The molecule has 3 aromatic rings. The SMILES string of the molecule is Cc1ccccc1OCc1ccc(/C=N\n2c(C(F)F)n[nH]c2=S)o1. The van der Waals surface area contributed by atoms with Crippen LogP contribution in [0.1, 0.15) is 29.3 Å². The summed E-state index contributed by atoms with van der Waals surface area (Å²) in [6, 6.07) is 11.0. The lowest BCUT2D eigenvalue weighted by molar-refractivity contribution is 0.136. The standard InChI is InChI=1S/C16H14F2N4O2S/c1-10-4-2-3-5-13(10)23-9-12-7-6-11(24-12)8-19-22-15(14(17)18)20-21-16(22)25/h2-8,14H,9H2,1H3,(H,21,25)/b19-8-. The molecule has 0 saturated carbocycles. The largest absolute Gasteiger partial charge is 0.485 e. The second-order valence-corrected chi connectivity index (χ2v) is 5.49. The van der Waals surface area contributed by atoms with Crippen molar-refractivity contribution in [1.29, 1.82) is 0 Å². The van der Waals surface area contributed by atoms with Gasteiger partial charge in [-0.25, -0.2) is 13.9 Å². The van der Waals surface area contributed by atoms with Crippen molar-refractivity contribution in [1.82, 2.24) is 14.9 Å². The lowest BCUT2D eigenvalue weighted by Crippen LogP contribution is -1.99. The molecular formula is C16H14F2N4O2S. The Hall–Kier alpha value is -2.81. The van der Waals surface area contributed by atoms with Crippen LogP contribution in [0.2, 0.25) is 0 Å². The predicted octanol–water partition coefficient (Wildman–Crippen LogP) is 4.24. The van der Waals surface area contributed by atoms with Gasteiger partial charge in [0.15, 0.2) is 0 Å². The Balaban J connectivity index is 1.69. The van der Waals surface area contributed by atoms with Gasteiger partial charge >= 0.3 is 0 Å². The van der Waals surface area contributed by atoms with Gasteiger partial charge in [0.05, 0.1) is 6.21 Å². The van der Waals surface area contributed by atoms with Gasteiger partial charge in [0.2, 0.25) is 10.6 Å². The Bertz CT molecular complexity index is 946. The number of ether oxygens (including phenoxy) is 1. The number of furan rings is 1. The fourth-order valence-electron chi connectivity index (χ4n) is 2.08. The van der Waals surface area contributed by atoms with Gasteiger partial charge in [-0.2, -0.15) is 14.9 Å². The lowest BCUT2D eigenvalue weighted by Gasteiger charge is -2.06. The highest BCUT2D eigenvalue weighted by atomic mass is 32.1. The molecular weight excluding hydrogens is 350 g/mol. The molecule has 3 rings (SSSR count). The summed E-state index contributed by atoms with van der Waals surface area (Å²) in [5.41, 5.74) is 1.02. The van der Waals surface area contributed by atoms with Crippen LogP contribution < -0.4 is 4.74 Å². The number of hydrogen-bond acceptors (Lipinski definition) is 5. The first-order chi connectivity index (χ1) is 12.0. The number of hydrogen-bond donors (Lipinski definition) is 1. The first-order valence-electron chi connectivity index (χ1n) is 7.31. The second-order valence-electron chi connectivity index (χ2n) is 5.10. The average Bonchev–Trinajstić information content (AvgIpc) is 3.18. The Morgan fingerprint density at radius 3 is 2.92 bits per heavy atom. The molecule has 9 heteroatoms. The molecule has 0 atom stereocenters. The smallest absolute Gasteiger partial charge is 0.299 e. The highest BCUT2D eigenvalue weighted by molar-refractivity contribution is 7.71. The number of para-hydroxylation sites is 1. The number of aromatic amines is 1. The van der Waals surface area contributed by atoms with E-state index in [1.807, 2.05) is 31.2 Å². The van der Waals surface area contributed by atoms with E-state index in [0.717, 1.165) is 16.0 Å². The van der Waals surface area contributed by atoms with Crippen molar-refractivity contribution in [3.63, 3.8) is 0 Å². The number of benzene rings is 1. The van der Waals surface area contributed by atoms with Crippen LogP contribution in [0.5, 0.6) is 5.75 Å². The van der Waals surface area contributed by atoms with Crippen LogP contribution >= 0.6 is 12.2 Å². The first kappa shape index (κ1) is 17.0. The number of rotatable bonds is 6. The third kappa shape index (κ3) is 4.00. The zero-order valence-electron chi connectivity index (χ0n) is 13.1. The first-order valence-corrected chi connectivity index (χ1v) is 7.72. The van der Waals surface area contributed by atoms with E-state index in [0.29, 0.717) is 11.5 Å². The summed E-state index contributed by atoms with van der Waals surface area (Å²) in [6.45, 7) is 2.19. The van der Waals surface area contributed by atoms with Gasteiger partial charge in [-0.05, 0) is 42.9 Å². The molecule has 0 bridgehead atoms. The highest BCUT2D eigenvalue weighted by Crippen LogP contribution is 2.19.